The van der Waals surface area contributed by atoms with Gasteiger partial charge in [0.15, 0.2) is 11.5 Å². The number of rotatable bonds is 5. The molecule has 5 heteroatoms. The molecule has 4 rings (SSSR count). The lowest BCUT2D eigenvalue weighted by atomic mass is 10.2. The minimum Gasteiger partial charge on any atom is -0.466 e. The zero-order chi connectivity index (χ0) is 16.7. The number of hydrogen-bond donors (Lipinski definition) is 1. The van der Waals surface area contributed by atoms with Gasteiger partial charge in [-0.3, -0.25) is 4.79 Å². The lowest BCUT2D eigenvalue weighted by Crippen LogP contribution is -2.12. The normalized spacial score (nSPS) is 19.6. The third-order valence-electron chi connectivity index (χ3n) is 4.53. The summed E-state index contributed by atoms with van der Waals surface area (Å²) in [4.78, 5) is 16.4. The molecule has 1 aliphatic rings. The van der Waals surface area contributed by atoms with Crippen LogP contribution in [-0.4, -0.2) is 10.9 Å². The molecule has 1 aliphatic carbocycles. The van der Waals surface area contributed by atoms with Crippen molar-refractivity contribution in [2.45, 2.75) is 39.0 Å². The molecule has 124 valence electrons. The van der Waals surface area contributed by atoms with Crippen molar-refractivity contribution < 1.29 is 13.6 Å². The molecule has 1 N–H and O–H groups in total. The third-order valence-corrected chi connectivity index (χ3v) is 4.53. The first-order chi connectivity index (χ1) is 11.6. The van der Waals surface area contributed by atoms with E-state index in [1.165, 1.54) is 6.42 Å². The van der Waals surface area contributed by atoms with Crippen LogP contribution in [0.4, 0.5) is 5.69 Å². The van der Waals surface area contributed by atoms with Gasteiger partial charge in [0.25, 0.3) is 0 Å². The van der Waals surface area contributed by atoms with Crippen LogP contribution in [0, 0.1) is 12.8 Å². The Bertz CT molecular complexity index is 893. The van der Waals surface area contributed by atoms with Gasteiger partial charge >= 0.3 is 0 Å². The van der Waals surface area contributed by atoms with E-state index >= 15 is 0 Å². The highest BCUT2D eigenvalue weighted by Crippen LogP contribution is 2.47. The van der Waals surface area contributed by atoms with Crippen LogP contribution in [0.25, 0.3) is 11.1 Å². The van der Waals surface area contributed by atoms with Gasteiger partial charge in [-0.2, -0.15) is 0 Å². The molecule has 1 fully saturated rings. The molecule has 2 heterocycles. The van der Waals surface area contributed by atoms with Crippen LogP contribution in [0.3, 0.4) is 0 Å². The summed E-state index contributed by atoms with van der Waals surface area (Å²) < 4.78 is 11.3. The standard InChI is InChI=1S/C19H20N2O3/c1-11-9-15(11)17-7-4-14(24-17)5-8-19(22)21-13-3-6-16-18(10-13)23-12(2)20-16/h3-4,6-7,10-11,15H,5,8-9H2,1-2H3,(H,21,22)/t11-,15+/m0/s1. The Hall–Kier alpha value is -2.56. The van der Waals surface area contributed by atoms with E-state index in [1.54, 1.807) is 13.0 Å². The van der Waals surface area contributed by atoms with Gasteiger partial charge in [0, 0.05) is 37.4 Å². The van der Waals surface area contributed by atoms with Crippen LogP contribution >= 0.6 is 0 Å². The van der Waals surface area contributed by atoms with Gasteiger partial charge in [0.05, 0.1) is 0 Å². The maximum Gasteiger partial charge on any atom is 0.224 e. The Kier molecular flexibility index (Phi) is 3.63. The van der Waals surface area contributed by atoms with Gasteiger partial charge in [0.2, 0.25) is 5.91 Å². The number of hydrogen-bond acceptors (Lipinski definition) is 4. The predicted molar refractivity (Wildman–Crippen MR) is 90.9 cm³/mol. The Morgan fingerprint density at radius 3 is 2.92 bits per heavy atom. The molecular formula is C19H20N2O3. The summed E-state index contributed by atoms with van der Waals surface area (Å²) in [6.45, 7) is 4.03. The molecular weight excluding hydrogens is 304 g/mol. The average molecular weight is 324 g/mol. The summed E-state index contributed by atoms with van der Waals surface area (Å²) in [5, 5.41) is 2.89. The minimum absolute atomic E-state index is 0.0386. The van der Waals surface area contributed by atoms with Gasteiger partial charge in [-0.25, -0.2) is 4.98 Å². The maximum atomic E-state index is 12.1. The second-order valence-electron chi connectivity index (χ2n) is 6.59. The first kappa shape index (κ1) is 15.0. The van der Waals surface area contributed by atoms with Crippen molar-refractivity contribution in [3.63, 3.8) is 0 Å². The summed E-state index contributed by atoms with van der Waals surface area (Å²) in [5.74, 6) is 3.81. The van der Waals surface area contributed by atoms with Gasteiger partial charge in [0.1, 0.15) is 17.0 Å². The zero-order valence-corrected chi connectivity index (χ0v) is 13.8. The maximum absolute atomic E-state index is 12.1. The number of anilines is 1. The van der Waals surface area contributed by atoms with Crippen LogP contribution in [0.1, 0.15) is 43.1 Å². The lowest BCUT2D eigenvalue weighted by Gasteiger charge is -2.04. The number of benzene rings is 1. The molecule has 2 atom stereocenters. The van der Waals surface area contributed by atoms with Crippen molar-refractivity contribution in [3.8, 4) is 0 Å². The van der Waals surface area contributed by atoms with Gasteiger partial charge in [-0.15, -0.1) is 0 Å². The highest BCUT2D eigenvalue weighted by atomic mass is 16.3. The van der Waals surface area contributed by atoms with Crippen molar-refractivity contribution in [1.82, 2.24) is 4.98 Å². The van der Waals surface area contributed by atoms with E-state index in [-0.39, 0.29) is 5.91 Å². The molecule has 5 nitrogen and oxygen atoms in total. The van der Waals surface area contributed by atoms with Crippen molar-refractivity contribution in [2.75, 3.05) is 5.32 Å². The summed E-state index contributed by atoms with van der Waals surface area (Å²) in [5.41, 5.74) is 2.19. The SMILES string of the molecule is Cc1nc2ccc(NC(=O)CCc3ccc([C@@H]4C[C@@H]4C)o3)cc2o1. The quantitative estimate of drug-likeness (QED) is 0.754. The van der Waals surface area contributed by atoms with E-state index < -0.39 is 0 Å². The predicted octanol–water partition coefficient (Wildman–Crippen LogP) is 4.42. The van der Waals surface area contributed by atoms with Crippen LogP contribution in [0.5, 0.6) is 0 Å². The van der Waals surface area contributed by atoms with Gasteiger partial charge in [-0.05, 0) is 36.6 Å². The highest BCUT2D eigenvalue weighted by Gasteiger charge is 2.36. The highest BCUT2D eigenvalue weighted by molar-refractivity contribution is 5.92. The number of oxazole rings is 1. The van der Waals surface area contributed by atoms with Crippen molar-refractivity contribution in [1.29, 1.82) is 0 Å². The Morgan fingerprint density at radius 1 is 1.29 bits per heavy atom. The zero-order valence-electron chi connectivity index (χ0n) is 13.8. The topological polar surface area (TPSA) is 68.3 Å². The molecule has 1 aromatic carbocycles. The number of aromatic nitrogens is 1. The summed E-state index contributed by atoms with van der Waals surface area (Å²) >= 11 is 0. The molecule has 0 unspecified atom stereocenters. The second kappa shape index (κ2) is 5.82. The Labute approximate surface area is 140 Å². The molecule has 3 aromatic rings. The molecule has 1 saturated carbocycles. The summed E-state index contributed by atoms with van der Waals surface area (Å²) in [6, 6.07) is 9.50. The van der Waals surface area contributed by atoms with Crippen LogP contribution in [-0.2, 0) is 11.2 Å². The third kappa shape index (κ3) is 3.07. The molecule has 0 aliphatic heterocycles. The smallest absolute Gasteiger partial charge is 0.224 e. The molecule has 1 amide bonds. The van der Waals surface area contributed by atoms with Gasteiger partial charge in [-0.1, -0.05) is 6.92 Å². The number of nitrogens with zero attached hydrogens (tertiary/aromatic N) is 1. The minimum atomic E-state index is -0.0386. The van der Waals surface area contributed by atoms with Crippen molar-refractivity contribution in [3.05, 3.63) is 47.7 Å². The Morgan fingerprint density at radius 2 is 2.12 bits per heavy atom. The largest absolute Gasteiger partial charge is 0.466 e. The number of amides is 1. The van der Waals surface area contributed by atoms with Crippen LogP contribution in [0.2, 0.25) is 0 Å². The van der Waals surface area contributed by atoms with Crippen molar-refractivity contribution >= 4 is 22.7 Å². The number of fused-ring (bicyclic) bond motifs is 1. The molecule has 2 aromatic heterocycles. The first-order valence-corrected chi connectivity index (χ1v) is 8.34. The second-order valence-corrected chi connectivity index (χ2v) is 6.59. The number of nitrogens with one attached hydrogen (secondary N) is 1. The number of aryl methyl sites for hydroxylation is 2. The van der Waals surface area contributed by atoms with Gasteiger partial charge < -0.3 is 14.2 Å². The molecule has 0 radical (unpaired) electrons. The van der Waals surface area contributed by atoms with E-state index in [0.29, 0.717) is 30.2 Å². The van der Waals surface area contributed by atoms with E-state index in [0.717, 1.165) is 28.6 Å². The molecule has 0 bridgehead atoms. The summed E-state index contributed by atoms with van der Waals surface area (Å²) in [7, 11) is 0. The van der Waals surface area contributed by atoms with Crippen LogP contribution in [0.15, 0.2) is 39.2 Å². The van der Waals surface area contributed by atoms with E-state index in [4.69, 9.17) is 8.83 Å². The number of carbonyl (C=O) groups excluding carboxylic acids is 1. The van der Waals surface area contributed by atoms with Crippen LogP contribution < -0.4 is 5.32 Å². The fourth-order valence-corrected chi connectivity index (χ4v) is 3.02. The number of carbonyl (C=O) groups is 1. The lowest BCUT2D eigenvalue weighted by molar-refractivity contribution is -0.116. The molecule has 24 heavy (non-hydrogen) atoms. The fraction of sp³-hybridized carbons (Fsp3) is 0.368. The van der Waals surface area contributed by atoms with E-state index in [9.17, 15) is 4.79 Å². The first-order valence-electron chi connectivity index (χ1n) is 8.34. The molecule has 0 saturated heterocycles. The number of furan rings is 1. The fourth-order valence-electron chi connectivity index (χ4n) is 3.02. The summed E-state index contributed by atoms with van der Waals surface area (Å²) in [6.07, 6.45) is 2.20. The Balaban J connectivity index is 1.34. The van der Waals surface area contributed by atoms with E-state index in [1.807, 2.05) is 24.3 Å². The average Bonchev–Trinajstić information content (AvgIpc) is 2.97. The van der Waals surface area contributed by atoms with Crippen molar-refractivity contribution in [2.24, 2.45) is 5.92 Å². The monoisotopic (exact) mass is 324 g/mol. The molecule has 0 spiro atoms. The van der Waals surface area contributed by atoms with E-state index in [2.05, 4.69) is 17.2 Å².